The van der Waals surface area contributed by atoms with E-state index in [4.69, 9.17) is 0 Å². The average Bonchev–Trinajstić information content (AvgIpc) is 3.32. The number of rotatable bonds is 5. The number of hydrogen-bond acceptors (Lipinski definition) is 6. The van der Waals surface area contributed by atoms with Gasteiger partial charge in [0.25, 0.3) is 15.9 Å². The van der Waals surface area contributed by atoms with Crippen LogP contribution < -0.4 is 10.2 Å². The van der Waals surface area contributed by atoms with E-state index in [1.165, 1.54) is 11.8 Å². The fourth-order valence-corrected chi connectivity index (χ4v) is 6.26. The molecule has 0 bridgehead atoms. The van der Waals surface area contributed by atoms with Gasteiger partial charge >= 0.3 is 0 Å². The van der Waals surface area contributed by atoms with Crippen LogP contribution in [-0.2, 0) is 10.0 Å². The Labute approximate surface area is 190 Å². The lowest BCUT2D eigenvalue weighted by Crippen LogP contribution is -2.35. The lowest BCUT2D eigenvalue weighted by molar-refractivity contribution is 0.0930. The third-order valence-corrected chi connectivity index (χ3v) is 7.79. The number of anilines is 1. The summed E-state index contributed by atoms with van der Waals surface area (Å²) in [6.07, 6.45) is 0.744. The van der Waals surface area contributed by atoms with Crippen LogP contribution in [0.3, 0.4) is 0 Å². The molecule has 1 atom stereocenters. The molecule has 0 radical (unpaired) electrons. The van der Waals surface area contributed by atoms with Crippen molar-refractivity contribution in [2.24, 2.45) is 10.3 Å². The molecule has 1 unspecified atom stereocenters. The van der Waals surface area contributed by atoms with Gasteiger partial charge in [-0.05, 0) is 54.4 Å². The number of fused-ring (bicyclic) bond motifs is 4. The van der Waals surface area contributed by atoms with E-state index < -0.39 is 10.0 Å². The van der Waals surface area contributed by atoms with E-state index in [0.29, 0.717) is 23.2 Å². The van der Waals surface area contributed by atoms with Crippen LogP contribution in [0.5, 0.6) is 0 Å². The van der Waals surface area contributed by atoms with Crippen molar-refractivity contribution in [3.63, 3.8) is 0 Å². The Bertz CT molecular complexity index is 1310. The summed E-state index contributed by atoms with van der Waals surface area (Å²) >= 11 is 1.28. The van der Waals surface area contributed by atoms with Crippen LogP contribution in [0.4, 0.5) is 5.69 Å². The third-order valence-electron chi connectivity index (χ3n) is 5.49. The molecule has 0 spiro atoms. The number of sulfonamides is 1. The molecule has 0 saturated carbocycles. The molecule has 3 aromatic rings. The maximum Gasteiger partial charge on any atom is 0.257 e. The first-order valence-corrected chi connectivity index (χ1v) is 12.9. The van der Waals surface area contributed by atoms with Crippen molar-refractivity contribution in [2.75, 3.05) is 17.2 Å². The van der Waals surface area contributed by atoms with E-state index in [1.807, 2.05) is 35.2 Å². The molecule has 1 amide bonds. The maximum atomic E-state index is 13.1. The molecule has 0 fully saturated rings. The molecular weight excluding hydrogens is 446 g/mol. The molecule has 2 aliphatic heterocycles. The summed E-state index contributed by atoms with van der Waals surface area (Å²) in [5, 5.41) is 3.58. The molecule has 166 valence electrons. The van der Waals surface area contributed by atoms with Crippen LogP contribution >= 0.6 is 11.8 Å². The maximum absolute atomic E-state index is 13.1. The molecule has 3 heterocycles. The highest BCUT2D eigenvalue weighted by atomic mass is 32.2. The number of imidazole rings is 1. The molecule has 5 rings (SSSR count). The van der Waals surface area contributed by atoms with Crippen LogP contribution in [0.15, 0.2) is 51.8 Å². The zero-order valence-electron chi connectivity index (χ0n) is 17.7. The second-order valence-electron chi connectivity index (χ2n) is 8.39. The van der Waals surface area contributed by atoms with Gasteiger partial charge in [-0.1, -0.05) is 26.0 Å². The predicted molar refractivity (Wildman–Crippen MR) is 127 cm³/mol. The number of para-hydroxylation sites is 2. The topological polar surface area (TPSA) is 108 Å². The number of amides is 1. The average molecular weight is 470 g/mol. The van der Waals surface area contributed by atoms with E-state index in [2.05, 4.69) is 33.5 Å². The Morgan fingerprint density at radius 3 is 2.84 bits per heavy atom. The lowest BCUT2D eigenvalue weighted by atomic mass is 10.0. The van der Waals surface area contributed by atoms with Crippen molar-refractivity contribution in [3.8, 4) is 0 Å². The number of thioether (sulfide) groups is 1. The largest absolute Gasteiger partial charge is 0.342 e. The molecule has 10 heteroatoms. The van der Waals surface area contributed by atoms with Gasteiger partial charge in [0.1, 0.15) is 5.82 Å². The first kappa shape index (κ1) is 21.0. The zero-order chi connectivity index (χ0) is 22.5. The van der Waals surface area contributed by atoms with Crippen molar-refractivity contribution in [2.45, 2.75) is 31.2 Å². The normalized spacial score (nSPS) is 17.7. The Hall–Kier alpha value is -2.85. The highest BCUT2D eigenvalue weighted by molar-refractivity contribution is 8.15. The molecule has 2 aliphatic rings. The molecule has 2 aromatic carbocycles. The molecular formula is C22H23N5O3S2. The molecule has 0 aliphatic carbocycles. The van der Waals surface area contributed by atoms with E-state index in [-0.39, 0.29) is 17.7 Å². The van der Waals surface area contributed by atoms with Gasteiger partial charge in [0.05, 0.1) is 28.5 Å². The smallest absolute Gasteiger partial charge is 0.257 e. The van der Waals surface area contributed by atoms with Crippen LogP contribution in [0, 0.1) is 5.92 Å². The summed E-state index contributed by atoms with van der Waals surface area (Å²) in [5.41, 5.74) is 3.21. The molecule has 2 N–H and O–H groups in total. The Morgan fingerprint density at radius 1 is 1.25 bits per heavy atom. The highest BCUT2D eigenvalue weighted by Gasteiger charge is 2.33. The van der Waals surface area contributed by atoms with Gasteiger partial charge in [-0.15, -0.1) is 4.40 Å². The fourth-order valence-electron chi connectivity index (χ4n) is 3.96. The van der Waals surface area contributed by atoms with Crippen molar-refractivity contribution in [1.82, 2.24) is 15.3 Å². The van der Waals surface area contributed by atoms with Crippen molar-refractivity contribution < 1.29 is 13.2 Å². The fraction of sp³-hybridized carbons (Fsp3) is 0.318. The van der Waals surface area contributed by atoms with Crippen LogP contribution in [0.1, 0.15) is 42.5 Å². The van der Waals surface area contributed by atoms with E-state index in [0.717, 1.165) is 33.9 Å². The summed E-state index contributed by atoms with van der Waals surface area (Å²) in [4.78, 5) is 23.9. The zero-order valence-corrected chi connectivity index (χ0v) is 19.3. The number of nitrogens with one attached hydrogen (secondary N) is 2. The number of amidine groups is 1. The number of benzene rings is 2. The number of hydrogen-bond donors (Lipinski definition) is 2. The Balaban J connectivity index is 1.40. The first-order valence-electron chi connectivity index (χ1n) is 10.5. The van der Waals surface area contributed by atoms with Gasteiger partial charge in [-0.2, -0.15) is 0 Å². The Morgan fingerprint density at radius 2 is 2.06 bits per heavy atom. The van der Waals surface area contributed by atoms with Crippen molar-refractivity contribution in [3.05, 3.63) is 53.9 Å². The standard InChI is InChI=1S/C22H23N5O3S2/c1-13(2)11-17(20-23-15-5-3-4-6-16(15)24-20)25-21(28)14-7-8-18-19(12-14)31-22-26-32(29,30)10-9-27(18)22/h3-8,12-13,17H,9-11H2,1-2H3,(H,23,24)(H,25,28). The second kappa shape index (κ2) is 7.93. The minimum absolute atomic E-state index is 0.00683. The van der Waals surface area contributed by atoms with E-state index >= 15 is 0 Å². The molecule has 8 nitrogen and oxygen atoms in total. The number of carbonyl (C=O) groups is 1. The minimum Gasteiger partial charge on any atom is -0.342 e. The van der Waals surface area contributed by atoms with Crippen molar-refractivity contribution >= 4 is 49.6 Å². The van der Waals surface area contributed by atoms with Crippen LogP contribution in [0.2, 0.25) is 0 Å². The first-order chi connectivity index (χ1) is 15.3. The van der Waals surface area contributed by atoms with E-state index in [1.54, 1.807) is 12.1 Å². The number of nitrogens with zero attached hydrogens (tertiary/aromatic N) is 3. The van der Waals surface area contributed by atoms with Crippen LogP contribution in [-0.4, -0.2) is 41.8 Å². The lowest BCUT2D eigenvalue weighted by Gasteiger charge is -2.22. The summed E-state index contributed by atoms with van der Waals surface area (Å²) in [6, 6.07) is 13.0. The monoisotopic (exact) mass is 469 g/mol. The van der Waals surface area contributed by atoms with Crippen molar-refractivity contribution in [1.29, 1.82) is 0 Å². The van der Waals surface area contributed by atoms with Gasteiger partial charge in [0, 0.05) is 17.0 Å². The summed E-state index contributed by atoms with van der Waals surface area (Å²) in [7, 11) is -3.41. The van der Waals surface area contributed by atoms with E-state index in [9.17, 15) is 13.2 Å². The van der Waals surface area contributed by atoms with Gasteiger partial charge in [-0.25, -0.2) is 13.4 Å². The summed E-state index contributed by atoms with van der Waals surface area (Å²) < 4.78 is 27.5. The van der Waals surface area contributed by atoms with Gasteiger partial charge in [0.2, 0.25) is 0 Å². The predicted octanol–water partition coefficient (Wildman–Crippen LogP) is 3.69. The molecule has 0 saturated heterocycles. The SMILES string of the molecule is CC(C)CC(NC(=O)c1ccc2c(c1)SC1=NS(=O)(=O)CCN12)c1nc2ccccc2[nH]1. The highest BCUT2D eigenvalue weighted by Crippen LogP contribution is 2.42. The van der Waals surface area contributed by atoms with Crippen LogP contribution in [0.25, 0.3) is 11.0 Å². The number of aromatic nitrogens is 2. The third kappa shape index (κ3) is 4.00. The second-order valence-corrected chi connectivity index (χ2v) is 11.2. The summed E-state index contributed by atoms with van der Waals surface area (Å²) in [6.45, 7) is 4.59. The number of aromatic amines is 1. The molecule has 32 heavy (non-hydrogen) atoms. The minimum atomic E-state index is -3.41. The summed E-state index contributed by atoms with van der Waals surface area (Å²) in [5.74, 6) is 0.895. The Kier molecular flexibility index (Phi) is 5.21. The number of carbonyl (C=O) groups excluding carboxylic acids is 1. The van der Waals surface area contributed by atoms with Gasteiger partial charge < -0.3 is 15.2 Å². The quantitative estimate of drug-likeness (QED) is 0.590. The van der Waals surface area contributed by atoms with Gasteiger partial charge in [-0.3, -0.25) is 4.79 Å². The molecule has 1 aromatic heterocycles. The number of H-pyrrole nitrogens is 1. The van der Waals surface area contributed by atoms with Gasteiger partial charge in [0.15, 0.2) is 5.17 Å².